The van der Waals surface area contributed by atoms with Crippen molar-refractivity contribution in [1.29, 1.82) is 0 Å². The number of carboxylic acids is 1. The molecule has 0 aliphatic heterocycles. The van der Waals surface area contributed by atoms with Crippen LogP contribution >= 0.6 is 0 Å². The maximum absolute atomic E-state index is 10.9. The highest BCUT2D eigenvalue weighted by Gasteiger charge is 2.24. The number of hydrogen-bond donors (Lipinski definition) is 2. The summed E-state index contributed by atoms with van der Waals surface area (Å²) in [5, 5.41) is 18.7. The summed E-state index contributed by atoms with van der Waals surface area (Å²) < 4.78 is 5.30. The van der Waals surface area contributed by atoms with Gasteiger partial charge in [0.15, 0.2) is 5.58 Å². The molecule has 84 valence electrons. The Bertz CT molecular complexity index is 551. The summed E-state index contributed by atoms with van der Waals surface area (Å²) in [6.45, 7) is 3.05. The number of fused-ring (bicyclic) bond motifs is 1. The summed E-state index contributed by atoms with van der Waals surface area (Å²) in [7, 11) is 0. The highest BCUT2D eigenvalue weighted by molar-refractivity contribution is 6.00. The van der Waals surface area contributed by atoms with Gasteiger partial charge in [-0.15, -0.1) is 0 Å². The molecule has 0 fully saturated rings. The molecule has 1 aromatic carbocycles. The van der Waals surface area contributed by atoms with Crippen molar-refractivity contribution in [3.63, 3.8) is 0 Å². The number of para-hydroxylation sites is 1. The molecule has 0 amide bonds. The molecule has 0 bridgehead atoms. The molecule has 0 spiro atoms. The highest BCUT2D eigenvalue weighted by Crippen LogP contribution is 2.25. The van der Waals surface area contributed by atoms with Gasteiger partial charge in [-0.2, -0.15) is 0 Å². The second kappa shape index (κ2) is 3.31. The fraction of sp³-hybridized carbons (Fsp3) is 0.273. The van der Waals surface area contributed by atoms with Crippen LogP contribution in [0.2, 0.25) is 0 Å². The first kappa shape index (κ1) is 10.6. The summed E-state index contributed by atoms with van der Waals surface area (Å²) in [6, 6.07) is 4.64. The first-order valence-corrected chi connectivity index (χ1v) is 4.75. The van der Waals surface area contributed by atoms with Gasteiger partial charge < -0.3 is 14.6 Å². The van der Waals surface area contributed by atoms with Crippen molar-refractivity contribution in [2.45, 2.75) is 19.4 Å². The van der Waals surface area contributed by atoms with Gasteiger partial charge in [0.1, 0.15) is 11.1 Å². The van der Waals surface area contributed by atoms with Gasteiger partial charge in [-0.1, -0.05) is 6.07 Å². The smallest absolute Gasteiger partial charge is 0.338 e. The van der Waals surface area contributed by atoms with E-state index in [0.29, 0.717) is 5.58 Å². The molecule has 0 aliphatic carbocycles. The van der Waals surface area contributed by atoms with E-state index in [1.54, 1.807) is 12.1 Å². The minimum absolute atomic E-state index is 0.0664. The van der Waals surface area contributed by atoms with Crippen LogP contribution in [0, 0.1) is 0 Å². The summed E-state index contributed by atoms with van der Waals surface area (Å²) >= 11 is 0. The lowest BCUT2D eigenvalue weighted by Gasteiger charge is -2.10. The molecule has 16 heavy (non-hydrogen) atoms. The topological polar surface area (TPSA) is 83.6 Å². The molecule has 1 heterocycles. The van der Waals surface area contributed by atoms with Gasteiger partial charge in [-0.25, -0.2) is 9.78 Å². The van der Waals surface area contributed by atoms with Crippen LogP contribution in [0.15, 0.2) is 22.6 Å². The lowest BCUT2D eigenvalue weighted by atomic mass is 10.1. The number of aromatic nitrogens is 1. The second-order valence-corrected chi connectivity index (χ2v) is 4.04. The number of aromatic carboxylic acids is 1. The Morgan fingerprint density at radius 2 is 2.12 bits per heavy atom. The average molecular weight is 221 g/mol. The lowest BCUT2D eigenvalue weighted by Crippen LogP contribution is -2.15. The first-order valence-electron chi connectivity index (χ1n) is 4.75. The van der Waals surface area contributed by atoms with Crippen LogP contribution in [0.3, 0.4) is 0 Å². The van der Waals surface area contributed by atoms with Gasteiger partial charge in [-0.3, -0.25) is 0 Å². The number of hydrogen-bond acceptors (Lipinski definition) is 4. The molecule has 5 heteroatoms. The van der Waals surface area contributed by atoms with Crippen LogP contribution in [0.25, 0.3) is 11.1 Å². The molecule has 2 N–H and O–H groups in total. The number of oxazole rings is 1. The van der Waals surface area contributed by atoms with Crippen molar-refractivity contribution < 1.29 is 19.4 Å². The van der Waals surface area contributed by atoms with E-state index in [1.807, 2.05) is 0 Å². The average Bonchev–Trinajstić information content (AvgIpc) is 2.59. The Balaban J connectivity index is 2.71. The maximum atomic E-state index is 10.9. The van der Waals surface area contributed by atoms with Crippen molar-refractivity contribution >= 4 is 17.1 Å². The van der Waals surface area contributed by atoms with Crippen LogP contribution in [-0.4, -0.2) is 21.2 Å². The third-order valence-corrected chi connectivity index (χ3v) is 2.17. The number of carboxylic acid groups (broad SMARTS) is 1. The quantitative estimate of drug-likeness (QED) is 0.807. The second-order valence-electron chi connectivity index (χ2n) is 4.04. The molecular formula is C11H11NO4. The molecule has 0 radical (unpaired) electrons. The number of rotatable bonds is 2. The van der Waals surface area contributed by atoms with Crippen LogP contribution in [-0.2, 0) is 5.60 Å². The van der Waals surface area contributed by atoms with Crippen LogP contribution in [0.1, 0.15) is 30.1 Å². The van der Waals surface area contributed by atoms with Crippen LogP contribution < -0.4 is 0 Å². The van der Waals surface area contributed by atoms with Crippen LogP contribution in [0.5, 0.6) is 0 Å². The van der Waals surface area contributed by atoms with Crippen molar-refractivity contribution in [3.05, 3.63) is 29.7 Å². The van der Waals surface area contributed by atoms with Gasteiger partial charge >= 0.3 is 5.97 Å². The lowest BCUT2D eigenvalue weighted by molar-refractivity contribution is 0.0500. The molecule has 5 nitrogen and oxygen atoms in total. The van der Waals surface area contributed by atoms with Gasteiger partial charge in [0.25, 0.3) is 0 Å². The predicted octanol–water partition coefficient (Wildman–Crippen LogP) is 1.75. The number of nitrogens with zero attached hydrogens (tertiary/aromatic N) is 1. The van der Waals surface area contributed by atoms with Crippen molar-refractivity contribution in [2.75, 3.05) is 0 Å². The van der Waals surface area contributed by atoms with Crippen molar-refractivity contribution in [2.24, 2.45) is 0 Å². The maximum Gasteiger partial charge on any atom is 0.338 e. The Morgan fingerprint density at radius 1 is 1.44 bits per heavy atom. The van der Waals surface area contributed by atoms with Gasteiger partial charge in [-0.05, 0) is 26.0 Å². The standard InChI is InChI=1S/C11H11NO4/c1-11(2,15)10-12-8-6(9(13)14)4-3-5-7(8)16-10/h3-5,15H,1-2H3,(H,13,14). The van der Waals surface area contributed by atoms with E-state index in [4.69, 9.17) is 9.52 Å². The zero-order chi connectivity index (χ0) is 11.9. The third kappa shape index (κ3) is 1.65. The summed E-state index contributed by atoms with van der Waals surface area (Å²) in [4.78, 5) is 14.9. The van der Waals surface area contributed by atoms with Gasteiger partial charge in [0.05, 0.1) is 5.56 Å². The molecule has 0 atom stereocenters. The Kier molecular flexibility index (Phi) is 2.20. The van der Waals surface area contributed by atoms with E-state index in [1.165, 1.54) is 19.9 Å². The SMILES string of the molecule is CC(C)(O)c1nc2c(C(=O)O)cccc2o1. The highest BCUT2D eigenvalue weighted by atomic mass is 16.4. The fourth-order valence-electron chi connectivity index (χ4n) is 1.38. The Labute approximate surface area is 91.3 Å². The molecule has 2 rings (SSSR count). The van der Waals surface area contributed by atoms with E-state index in [2.05, 4.69) is 4.98 Å². The minimum Gasteiger partial charge on any atom is -0.478 e. The molecule has 1 aromatic heterocycles. The van der Waals surface area contributed by atoms with Gasteiger partial charge in [0, 0.05) is 0 Å². The summed E-state index contributed by atoms with van der Waals surface area (Å²) in [5.74, 6) is -0.961. The van der Waals surface area contributed by atoms with E-state index < -0.39 is 11.6 Å². The summed E-state index contributed by atoms with van der Waals surface area (Å²) in [5.41, 5.74) is -0.546. The molecule has 0 saturated heterocycles. The van der Waals surface area contributed by atoms with Crippen molar-refractivity contribution in [3.8, 4) is 0 Å². The number of carbonyl (C=O) groups is 1. The van der Waals surface area contributed by atoms with Crippen LogP contribution in [0.4, 0.5) is 0 Å². The fourth-order valence-corrected chi connectivity index (χ4v) is 1.38. The molecule has 2 aromatic rings. The first-order chi connectivity index (χ1) is 7.39. The Hall–Kier alpha value is -1.88. The van der Waals surface area contributed by atoms with E-state index in [9.17, 15) is 9.90 Å². The number of benzene rings is 1. The normalized spacial score (nSPS) is 11.9. The number of aliphatic hydroxyl groups is 1. The zero-order valence-corrected chi connectivity index (χ0v) is 8.89. The molecular weight excluding hydrogens is 210 g/mol. The van der Waals surface area contributed by atoms with E-state index >= 15 is 0 Å². The Morgan fingerprint density at radius 3 is 2.69 bits per heavy atom. The van der Waals surface area contributed by atoms with Crippen molar-refractivity contribution in [1.82, 2.24) is 4.98 Å². The molecule has 0 unspecified atom stereocenters. The van der Waals surface area contributed by atoms with E-state index in [-0.39, 0.29) is 17.0 Å². The minimum atomic E-state index is -1.23. The van der Waals surface area contributed by atoms with E-state index in [0.717, 1.165) is 0 Å². The predicted molar refractivity (Wildman–Crippen MR) is 56.2 cm³/mol. The largest absolute Gasteiger partial charge is 0.478 e. The molecule has 0 aliphatic rings. The third-order valence-electron chi connectivity index (χ3n) is 2.17. The zero-order valence-electron chi connectivity index (χ0n) is 8.89. The monoisotopic (exact) mass is 221 g/mol. The summed E-state index contributed by atoms with van der Waals surface area (Å²) in [6.07, 6.45) is 0. The molecule has 0 saturated carbocycles. The van der Waals surface area contributed by atoms with Gasteiger partial charge in [0.2, 0.25) is 5.89 Å².